The number of carboxylic acid groups (broad SMARTS) is 1. The first-order valence-electron chi connectivity index (χ1n) is 20.0. The zero-order valence-electron chi connectivity index (χ0n) is 33.2. The van der Waals surface area contributed by atoms with Crippen LogP contribution in [0.5, 0.6) is 0 Å². The Balaban J connectivity index is 1.19. The Kier molecular flexibility index (Phi) is 10.8. The topological polar surface area (TPSA) is 175 Å². The minimum atomic E-state index is -1.48. The van der Waals surface area contributed by atoms with Crippen LogP contribution in [0.1, 0.15) is 113 Å². The van der Waals surface area contributed by atoms with Gasteiger partial charge in [0.1, 0.15) is 31.0 Å². The largest absolute Gasteiger partial charge is 0.481 e. The summed E-state index contributed by atoms with van der Waals surface area (Å²) < 4.78 is 12.1. The number of allylic oxidation sites excluding steroid dienone is 1. The summed E-state index contributed by atoms with van der Waals surface area (Å²) in [5.74, 6) is -0.106. The van der Waals surface area contributed by atoms with E-state index in [1.165, 1.54) is 19.1 Å². The van der Waals surface area contributed by atoms with E-state index >= 15 is 0 Å². The van der Waals surface area contributed by atoms with Crippen molar-refractivity contribution in [2.75, 3.05) is 20.3 Å². The number of hydroxylamine groups is 2. The average Bonchev–Trinajstić information content (AvgIpc) is 3.49. The molecule has 0 aromatic heterocycles. The van der Waals surface area contributed by atoms with Gasteiger partial charge in [-0.2, -0.15) is 0 Å². The number of rotatable bonds is 9. The number of hydrogen-bond acceptors (Lipinski definition) is 10. The number of nitrogens with zero attached hydrogens (tertiary/aromatic N) is 1. The number of nitrogens with one attached hydrogen (secondary N) is 1. The predicted molar refractivity (Wildman–Crippen MR) is 196 cm³/mol. The van der Waals surface area contributed by atoms with E-state index in [1.807, 2.05) is 0 Å². The second-order valence-electron chi connectivity index (χ2n) is 19.2. The van der Waals surface area contributed by atoms with Crippen LogP contribution in [-0.4, -0.2) is 100 Å². The summed E-state index contributed by atoms with van der Waals surface area (Å²) >= 11 is 0. The zero-order valence-corrected chi connectivity index (χ0v) is 33.2. The number of aliphatic hydroxyl groups is 3. The molecule has 5 N–H and O–H groups in total. The highest BCUT2D eigenvalue weighted by atomic mass is 16.7. The van der Waals surface area contributed by atoms with E-state index < -0.39 is 60.4 Å². The first-order chi connectivity index (χ1) is 24.7. The number of carbonyl (C=O) groups excluding carboxylic acids is 2. The van der Waals surface area contributed by atoms with Gasteiger partial charge in [-0.1, -0.05) is 46.8 Å². The molecule has 300 valence electrons. The van der Waals surface area contributed by atoms with E-state index in [9.17, 15) is 34.8 Å². The second kappa shape index (κ2) is 14.1. The van der Waals surface area contributed by atoms with Gasteiger partial charge < -0.3 is 35.2 Å². The molecule has 1 saturated heterocycles. The van der Waals surface area contributed by atoms with Crippen molar-refractivity contribution in [3.63, 3.8) is 0 Å². The monoisotopic (exact) mass is 746 g/mol. The summed E-state index contributed by atoms with van der Waals surface area (Å²) in [5, 5.41) is 45.5. The maximum atomic E-state index is 13.7. The lowest BCUT2D eigenvalue weighted by Crippen LogP contribution is -2.68. The molecule has 0 aromatic carbocycles. The van der Waals surface area contributed by atoms with Gasteiger partial charge in [-0.3, -0.25) is 19.2 Å². The molecule has 5 aliphatic carbocycles. The van der Waals surface area contributed by atoms with Crippen molar-refractivity contribution >= 4 is 17.8 Å². The van der Waals surface area contributed by atoms with Crippen LogP contribution in [0.3, 0.4) is 0 Å². The number of carboxylic acids is 1. The average molecular weight is 747 g/mol. The molecule has 5 saturated carbocycles. The number of aliphatic hydroxyl groups excluding tert-OH is 3. The minimum absolute atomic E-state index is 0.0223. The number of amides is 1. The number of aliphatic carboxylic acids is 1. The molecule has 6 aliphatic rings. The Morgan fingerprint density at radius 1 is 0.887 bits per heavy atom. The Morgan fingerprint density at radius 2 is 1.58 bits per heavy atom. The van der Waals surface area contributed by atoms with Crippen LogP contribution >= 0.6 is 0 Å². The Hall–Kier alpha value is -2.09. The van der Waals surface area contributed by atoms with E-state index in [0.29, 0.717) is 24.2 Å². The number of ether oxygens (including phenoxy) is 2. The fourth-order valence-electron chi connectivity index (χ4n) is 14.0. The van der Waals surface area contributed by atoms with Crippen molar-refractivity contribution in [2.45, 2.75) is 149 Å². The van der Waals surface area contributed by atoms with Crippen molar-refractivity contribution in [3.8, 4) is 0 Å². The Morgan fingerprint density at radius 3 is 2.19 bits per heavy atom. The van der Waals surface area contributed by atoms with Crippen LogP contribution in [0, 0.1) is 56.7 Å². The molecule has 1 amide bonds. The van der Waals surface area contributed by atoms with Crippen molar-refractivity contribution in [2.24, 2.45) is 56.7 Å². The molecule has 6 fully saturated rings. The minimum Gasteiger partial charge on any atom is -0.481 e. The van der Waals surface area contributed by atoms with Crippen LogP contribution < -0.4 is 5.32 Å². The third kappa shape index (κ3) is 6.11. The number of esters is 1. The van der Waals surface area contributed by atoms with E-state index in [-0.39, 0.29) is 46.1 Å². The normalized spacial score (nSPS) is 47.4. The van der Waals surface area contributed by atoms with Crippen molar-refractivity contribution in [1.29, 1.82) is 0 Å². The van der Waals surface area contributed by atoms with Crippen LogP contribution in [0.2, 0.25) is 0 Å². The molecular formula is C41H66N2O10. The molecular weight excluding hydrogens is 680 g/mol. The molecule has 4 unspecified atom stereocenters. The van der Waals surface area contributed by atoms with Crippen molar-refractivity contribution < 1.29 is 49.1 Å². The van der Waals surface area contributed by atoms with Gasteiger partial charge in [-0.05, 0) is 117 Å². The molecule has 0 bridgehead atoms. The standard InChI is InChI=1S/C41H66N2O10/c1-22(2)24-12-17-41(36(49)50)19-18-39(7)25(31(24)41)10-11-28-38(6)15-14-29(37(4,5)27(38)13-16-40(28,39)8)53-30(46)20-43(51-9)35-32(42-23(3)45)34(48)33(47)26(21-44)52-35/h24-29,31-35,44,47-48H,1,10-21H2,2-9H3,(H,42,45)(H,49,50)/t24-,25?,26+,27?,28?,29-,31?,32-,33+,34+,35-,38-,39+,40+,41-/m0/s1. The summed E-state index contributed by atoms with van der Waals surface area (Å²) in [6.07, 6.45) is 3.55. The lowest BCUT2D eigenvalue weighted by molar-refractivity contribution is -0.304. The van der Waals surface area contributed by atoms with Gasteiger partial charge in [0, 0.05) is 12.3 Å². The molecule has 15 atom stereocenters. The summed E-state index contributed by atoms with van der Waals surface area (Å²) in [6.45, 7) is 18.8. The van der Waals surface area contributed by atoms with E-state index in [2.05, 4.69) is 53.4 Å². The second-order valence-corrected chi connectivity index (χ2v) is 19.2. The fraction of sp³-hybridized carbons (Fsp3) is 0.878. The quantitative estimate of drug-likeness (QED) is 0.128. The maximum Gasteiger partial charge on any atom is 0.323 e. The van der Waals surface area contributed by atoms with E-state index in [4.69, 9.17) is 14.3 Å². The van der Waals surface area contributed by atoms with Crippen molar-refractivity contribution in [1.82, 2.24) is 10.4 Å². The fourth-order valence-corrected chi connectivity index (χ4v) is 14.0. The number of fused-ring (bicyclic) bond motifs is 7. The lowest BCUT2D eigenvalue weighted by atomic mass is 9.32. The summed E-state index contributed by atoms with van der Waals surface area (Å²) in [4.78, 5) is 44.2. The molecule has 6 rings (SSSR count). The number of hydrogen-bond donors (Lipinski definition) is 5. The zero-order chi connectivity index (χ0) is 39.1. The first-order valence-corrected chi connectivity index (χ1v) is 20.0. The van der Waals surface area contributed by atoms with Gasteiger partial charge in [0.25, 0.3) is 0 Å². The highest BCUT2D eigenvalue weighted by molar-refractivity contribution is 5.76. The molecule has 1 aliphatic heterocycles. The van der Waals surface area contributed by atoms with Crippen LogP contribution in [0.15, 0.2) is 12.2 Å². The SMILES string of the molecule is C=C(C)[C@@H]1CC[C@]2(C(=O)O)CC[C@]3(C)C(CCC4[C@@]5(C)CC[C@H](OC(=O)CN(OC)[C@H]6O[C@H](CO)[C@@H](O)[C@H](O)[C@@H]6NC(C)=O)C(C)(C)C5CC[C@]43C)C12. The van der Waals surface area contributed by atoms with Gasteiger partial charge in [0.2, 0.25) is 5.91 Å². The van der Waals surface area contributed by atoms with E-state index in [0.717, 1.165) is 63.4 Å². The first kappa shape index (κ1) is 40.6. The summed E-state index contributed by atoms with van der Waals surface area (Å²) in [7, 11) is 1.34. The molecule has 12 nitrogen and oxygen atoms in total. The Bertz CT molecular complexity index is 1460. The van der Waals surface area contributed by atoms with Gasteiger partial charge in [-0.25, -0.2) is 0 Å². The molecule has 53 heavy (non-hydrogen) atoms. The smallest absolute Gasteiger partial charge is 0.323 e. The molecule has 1 heterocycles. The summed E-state index contributed by atoms with van der Waals surface area (Å²) in [5.41, 5.74) is 0.269. The highest BCUT2D eigenvalue weighted by Crippen LogP contribution is 2.77. The Labute approximate surface area is 315 Å². The van der Waals surface area contributed by atoms with Gasteiger partial charge in [-0.15, -0.1) is 5.06 Å². The molecule has 0 aromatic rings. The van der Waals surface area contributed by atoms with Crippen molar-refractivity contribution in [3.05, 3.63) is 12.2 Å². The van der Waals surface area contributed by atoms with E-state index in [1.54, 1.807) is 0 Å². The van der Waals surface area contributed by atoms with Crippen LogP contribution in [0.25, 0.3) is 0 Å². The third-order valence-corrected chi connectivity index (χ3v) is 16.8. The van der Waals surface area contributed by atoms with Gasteiger partial charge >= 0.3 is 11.9 Å². The van der Waals surface area contributed by atoms with Gasteiger partial charge in [0.05, 0.1) is 25.2 Å². The molecule has 0 radical (unpaired) electrons. The van der Waals surface area contributed by atoms with Crippen LogP contribution in [-0.2, 0) is 28.7 Å². The lowest BCUT2D eigenvalue weighted by Gasteiger charge is -2.72. The van der Waals surface area contributed by atoms with Crippen LogP contribution in [0.4, 0.5) is 0 Å². The van der Waals surface area contributed by atoms with Gasteiger partial charge in [0.15, 0.2) is 6.23 Å². The summed E-state index contributed by atoms with van der Waals surface area (Å²) in [6, 6.07) is -1.14. The predicted octanol–water partition coefficient (Wildman–Crippen LogP) is 4.45. The maximum absolute atomic E-state index is 13.7. The third-order valence-electron chi connectivity index (χ3n) is 16.8. The molecule has 0 spiro atoms. The highest BCUT2D eigenvalue weighted by Gasteiger charge is 2.72. The number of carbonyl (C=O) groups is 3. The molecule has 12 heteroatoms.